The fourth-order valence-electron chi connectivity index (χ4n) is 1.17. The zero-order valence-electron chi connectivity index (χ0n) is 6.58. The van der Waals surface area contributed by atoms with Crippen LogP contribution in [0.5, 0.6) is 0 Å². The van der Waals surface area contributed by atoms with Crippen LogP contribution in [0.25, 0.3) is 5.65 Å². The predicted octanol–water partition coefficient (Wildman–Crippen LogP) is 1.36. The van der Waals surface area contributed by atoms with E-state index >= 15 is 0 Å². The van der Waals surface area contributed by atoms with Gasteiger partial charge in [-0.1, -0.05) is 0 Å². The van der Waals surface area contributed by atoms with Gasteiger partial charge in [0.2, 0.25) is 0 Å². The molecule has 2 N–H and O–H groups in total. The number of aryl methyl sites for hydroxylation is 1. The molecule has 0 aromatic carbocycles. The zero-order valence-corrected chi connectivity index (χ0v) is 6.58. The van der Waals surface area contributed by atoms with Crippen molar-refractivity contribution in [2.24, 2.45) is 0 Å². The van der Waals surface area contributed by atoms with Gasteiger partial charge in [-0.05, 0) is 19.1 Å². The van der Waals surface area contributed by atoms with Crippen molar-refractivity contribution in [2.75, 3.05) is 5.73 Å². The summed E-state index contributed by atoms with van der Waals surface area (Å²) < 4.78 is 14.6. The number of halogens is 1. The summed E-state index contributed by atoms with van der Waals surface area (Å²) in [5, 5.41) is 0. The van der Waals surface area contributed by atoms with E-state index in [9.17, 15) is 4.39 Å². The van der Waals surface area contributed by atoms with Gasteiger partial charge < -0.3 is 5.73 Å². The summed E-state index contributed by atoms with van der Waals surface area (Å²) in [6.07, 6.45) is 1.69. The minimum absolute atomic E-state index is 0.285. The molecule has 2 rings (SSSR count). The molecule has 0 aliphatic rings. The summed E-state index contributed by atoms with van der Waals surface area (Å²) in [5.41, 5.74) is 6.58. The van der Waals surface area contributed by atoms with Crippen molar-refractivity contribution in [2.45, 2.75) is 6.92 Å². The number of imidazole rings is 1. The molecule has 2 heterocycles. The van der Waals surface area contributed by atoms with E-state index in [1.54, 1.807) is 19.2 Å². The van der Waals surface area contributed by atoms with E-state index < -0.39 is 0 Å². The second kappa shape index (κ2) is 2.20. The van der Waals surface area contributed by atoms with Crippen LogP contribution in [0.4, 0.5) is 10.2 Å². The lowest BCUT2D eigenvalue weighted by Crippen LogP contribution is -1.94. The van der Waals surface area contributed by atoms with Gasteiger partial charge in [-0.25, -0.2) is 9.37 Å². The maximum atomic E-state index is 13.0. The number of rotatable bonds is 0. The quantitative estimate of drug-likeness (QED) is 0.640. The van der Waals surface area contributed by atoms with Crippen LogP contribution in [-0.4, -0.2) is 9.38 Å². The third-order valence-corrected chi connectivity index (χ3v) is 1.82. The zero-order chi connectivity index (χ0) is 8.72. The summed E-state index contributed by atoms with van der Waals surface area (Å²) >= 11 is 0. The maximum absolute atomic E-state index is 13.0. The summed E-state index contributed by atoms with van der Waals surface area (Å²) in [6, 6.07) is 2.96. The summed E-state index contributed by atoms with van der Waals surface area (Å²) in [7, 11) is 0. The van der Waals surface area contributed by atoms with Crippen LogP contribution in [0.2, 0.25) is 0 Å². The summed E-state index contributed by atoms with van der Waals surface area (Å²) in [4.78, 5) is 3.98. The Morgan fingerprint density at radius 1 is 1.58 bits per heavy atom. The molecule has 0 bridgehead atoms. The van der Waals surface area contributed by atoms with Gasteiger partial charge in [-0.3, -0.25) is 4.40 Å². The first-order chi connectivity index (χ1) is 5.70. The molecule has 3 nitrogen and oxygen atoms in total. The lowest BCUT2D eigenvalue weighted by atomic mass is 10.4. The number of pyridine rings is 1. The molecule has 0 aliphatic heterocycles. The lowest BCUT2D eigenvalue weighted by Gasteiger charge is -1.94. The van der Waals surface area contributed by atoms with E-state index in [2.05, 4.69) is 4.98 Å². The van der Waals surface area contributed by atoms with Gasteiger partial charge in [0.25, 0.3) is 0 Å². The molecule has 0 radical (unpaired) electrons. The second-order valence-electron chi connectivity index (χ2n) is 2.63. The van der Waals surface area contributed by atoms with Crippen molar-refractivity contribution < 1.29 is 4.39 Å². The molecule has 0 amide bonds. The first-order valence-corrected chi connectivity index (χ1v) is 3.59. The standard InChI is InChI=1S/C8H8FN3/c1-5-7(10)12-4-2-3-6(9)8(12)11-5/h2-4H,10H2,1H3. The van der Waals surface area contributed by atoms with E-state index in [1.807, 2.05) is 0 Å². The Labute approximate surface area is 68.6 Å². The Bertz CT molecular complexity index is 433. The molecule has 62 valence electrons. The highest BCUT2D eigenvalue weighted by Gasteiger charge is 2.07. The minimum atomic E-state index is -0.350. The van der Waals surface area contributed by atoms with Gasteiger partial charge >= 0.3 is 0 Å². The molecule has 0 spiro atoms. The highest BCUT2D eigenvalue weighted by Crippen LogP contribution is 2.15. The van der Waals surface area contributed by atoms with Gasteiger partial charge in [-0.2, -0.15) is 0 Å². The monoisotopic (exact) mass is 165 g/mol. The van der Waals surface area contributed by atoms with Gasteiger partial charge in [0.1, 0.15) is 5.82 Å². The van der Waals surface area contributed by atoms with Crippen molar-refractivity contribution in [3.63, 3.8) is 0 Å². The molecule has 2 aromatic rings. The third-order valence-electron chi connectivity index (χ3n) is 1.82. The first kappa shape index (κ1) is 7.09. The number of fused-ring (bicyclic) bond motifs is 1. The molecule has 0 fully saturated rings. The van der Waals surface area contributed by atoms with Crippen LogP contribution >= 0.6 is 0 Å². The van der Waals surface area contributed by atoms with E-state index in [4.69, 9.17) is 5.73 Å². The number of aromatic nitrogens is 2. The van der Waals surface area contributed by atoms with E-state index in [0.29, 0.717) is 11.5 Å². The second-order valence-corrected chi connectivity index (χ2v) is 2.63. The topological polar surface area (TPSA) is 43.3 Å². The number of hydrogen-bond acceptors (Lipinski definition) is 2. The Morgan fingerprint density at radius 3 is 3.00 bits per heavy atom. The highest BCUT2D eigenvalue weighted by atomic mass is 19.1. The van der Waals surface area contributed by atoms with Crippen molar-refractivity contribution >= 4 is 11.5 Å². The number of nitrogens with two attached hydrogens (primary N) is 1. The molecule has 0 saturated carbocycles. The molecule has 0 aliphatic carbocycles. The van der Waals surface area contributed by atoms with Crippen LogP contribution in [0.3, 0.4) is 0 Å². The van der Waals surface area contributed by atoms with Crippen LogP contribution in [0.15, 0.2) is 18.3 Å². The van der Waals surface area contributed by atoms with Gasteiger partial charge in [0.15, 0.2) is 11.5 Å². The molecular formula is C8H8FN3. The number of anilines is 1. The predicted molar refractivity (Wildman–Crippen MR) is 44.3 cm³/mol. The Balaban J connectivity index is 2.95. The normalized spacial score (nSPS) is 10.8. The highest BCUT2D eigenvalue weighted by molar-refractivity contribution is 5.52. The van der Waals surface area contributed by atoms with Crippen molar-refractivity contribution in [3.05, 3.63) is 29.8 Å². The number of hydrogen-bond donors (Lipinski definition) is 1. The maximum Gasteiger partial charge on any atom is 0.175 e. The van der Waals surface area contributed by atoms with E-state index in [1.165, 1.54) is 10.5 Å². The third kappa shape index (κ3) is 0.777. The average molecular weight is 165 g/mol. The fraction of sp³-hybridized carbons (Fsp3) is 0.125. The molecule has 2 aromatic heterocycles. The molecule has 0 atom stereocenters. The van der Waals surface area contributed by atoms with Gasteiger partial charge in [0.05, 0.1) is 5.69 Å². The largest absolute Gasteiger partial charge is 0.383 e. The van der Waals surface area contributed by atoms with Gasteiger partial charge in [0, 0.05) is 6.20 Å². The average Bonchev–Trinajstić information content (AvgIpc) is 2.32. The Kier molecular flexibility index (Phi) is 1.30. The summed E-state index contributed by atoms with van der Waals surface area (Å²) in [5.74, 6) is 0.141. The van der Waals surface area contributed by atoms with Crippen molar-refractivity contribution in [3.8, 4) is 0 Å². The van der Waals surface area contributed by atoms with Crippen molar-refractivity contribution in [1.29, 1.82) is 0 Å². The van der Waals surface area contributed by atoms with Crippen LogP contribution < -0.4 is 5.73 Å². The van der Waals surface area contributed by atoms with Crippen LogP contribution in [-0.2, 0) is 0 Å². The molecule has 12 heavy (non-hydrogen) atoms. The lowest BCUT2D eigenvalue weighted by molar-refractivity contribution is 0.630. The van der Waals surface area contributed by atoms with E-state index in [-0.39, 0.29) is 11.5 Å². The molecule has 0 unspecified atom stereocenters. The Hall–Kier alpha value is -1.58. The van der Waals surface area contributed by atoms with Gasteiger partial charge in [-0.15, -0.1) is 0 Å². The van der Waals surface area contributed by atoms with Crippen molar-refractivity contribution in [1.82, 2.24) is 9.38 Å². The van der Waals surface area contributed by atoms with Crippen LogP contribution in [0, 0.1) is 12.7 Å². The SMILES string of the molecule is Cc1nc2c(F)cccn2c1N. The number of nitrogen functional groups attached to an aromatic ring is 1. The number of nitrogens with zero attached hydrogens (tertiary/aromatic N) is 2. The fourth-order valence-corrected chi connectivity index (χ4v) is 1.17. The first-order valence-electron chi connectivity index (χ1n) is 3.59. The van der Waals surface area contributed by atoms with Crippen LogP contribution in [0.1, 0.15) is 5.69 Å². The molecular weight excluding hydrogens is 157 g/mol. The van der Waals surface area contributed by atoms with E-state index in [0.717, 1.165) is 0 Å². The summed E-state index contributed by atoms with van der Waals surface area (Å²) in [6.45, 7) is 1.75. The Morgan fingerprint density at radius 2 is 2.33 bits per heavy atom. The molecule has 4 heteroatoms. The molecule has 0 saturated heterocycles. The minimum Gasteiger partial charge on any atom is -0.383 e. The smallest absolute Gasteiger partial charge is 0.175 e.